The fraction of sp³-hybridized carbons (Fsp3) is 0.102. The van der Waals surface area contributed by atoms with Crippen LogP contribution < -0.4 is 0 Å². The number of fused-ring (bicyclic) bond motifs is 2. The number of rotatable bonds is 7. The van der Waals surface area contributed by atoms with Crippen LogP contribution in [0.15, 0.2) is 164 Å². The molecule has 6 aromatic carbocycles. The molecule has 54 heavy (non-hydrogen) atoms. The number of hydrogen-bond acceptors (Lipinski definition) is 3. The Morgan fingerprint density at radius 3 is 2.11 bits per heavy atom. The second kappa shape index (κ2) is 16.7. The number of pyridine rings is 1. The van der Waals surface area contributed by atoms with E-state index in [0.29, 0.717) is 5.56 Å². The van der Waals surface area contributed by atoms with Crippen molar-refractivity contribution in [1.29, 1.82) is 0 Å². The summed E-state index contributed by atoms with van der Waals surface area (Å²) in [5, 5.41) is 4.59. The maximum absolute atomic E-state index is 8.64. The van der Waals surface area contributed by atoms with E-state index in [9.17, 15) is 0 Å². The predicted octanol–water partition coefficient (Wildman–Crippen LogP) is 13.1. The number of thiophene rings is 1. The van der Waals surface area contributed by atoms with Crippen LogP contribution in [-0.2, 0) is 26.5 Å². The van der Waals surface area contributed by atoms with Crippen LogP contribution in [0, 0.1) is 24.2 Å². The monoisotopic (exact) mass is 899 g/mol. The van der Waals surface area contributed by atoms with Crippen LogP contribution in [0.5, 0.6) is 0 Å². The first kappa shape index (κ1) is 31.0. The van der Waals surface area contributed by atoms with Crippen molar-refractivity contribution in [2.75, 3.05) is 0 Å². The van der Waals surface area contributed by atoms with E-state index in [1.165, 1.54) is 17.5 Å². The van der Waals surface area contributed by atoms with E-state index in [1.807, 2.05) is 68.4 Å². The molecule has 3 nitrogen and oxygen atoms in total. The summed E-state index contributed by atoms with van der Waals surface area (Å²) in [7, 11) is 0. The molecule has 5 heteroatoms. The minimum atomic E-state index is -2.09. The zero-order chi connectivity index (χ0) is 40.4. The maximum atomic E-state index is 8.64. The Kier molecular flexibility index (Phi) is 9.57. The summed E-state index contributed by atoms with van der Waals surface area (Å²) in [6.45, 7) is 1.76. The molecule has 0 amide bonds. The first-order chi connectivity index (χ1) is 28.0. The molecule has 0 aliphatic rings. The average molecular weight is 899 g/mol. The molecule has 9 aromatic rings. The fourth-order valence-corrected chi connectivity index (χ4v) is 7.45. The van der Waals surface area contributed by atoms with Crippen molar-refractivity contribution < 1.29 is 27.0 Å². The van der Waals surface area contributed by atoms with Crippen LogP contribution in [0.25, 0.3) is 71.7 Å². The summed E-state index contributed by atoms with van der Waals surface area (Å²) >= 11 is 1.52. The molecule has 0 spiro atoms. The molecular weight excluding hydrogens is 855 g/mol. The number of nitrogens with zero attached hydrogens (tertiary/aromatic N) is 3. The van der Waals surface area contributed by atoms with Crippen LogP contribution in [0.2, 0.25) is 0 Å². The second-order valence-electron chi connectivity index (χ2n) is 13.0. The normalized spacial score (nSPS) is 12.8. The Hall–Kier alpha value is -5.45. The van der Waals surface area contributed by atoms with Gasteiger partial charge >= 0.3 is 0 Å². The predicted molar refractivity (Wildman–Crippen MR) is 223 cm³/mol. The molecule has 0 saturated carbocycles. The third-order valence-corrected chi connectivity index (χ3v) is 9.80. The van der Waals surface area contributed by atoms with Gasteiger partial charge in [0.1, 0.15) is 0 Å². The quantitative estimate of drug-likeness (QED) is 0.149. The van der Waals surface area contributed by atoms with E-state index in [1.54, 1.807) is 18.2 Å². The van der Waals surface area contributed by atoms with Crippen molar-refractivity contribution in [2.45, 2.75) is 27.1 Å². The number of benzene rings is 6. The zero-order valence-corrected chi connectivity index (χ0v) is 33.0. The van der Waals surface area contributed by atoms with Crippen molar-refractivity contribution in [3.63, 3.8) is 0 Å². The van der Waals surface area contributed by atoms with Gasteiger partial charge in [0.05, 0.1) is 22.5 Å². The molecule has 0 saturated heterocycles. The van der Waals surface area contributed by atoms with Crippen LogP contribution in [0.4, 0.5) is 0 Å². The van der Waals surface area contributed by atoms with E-state index in [0.717, 1.165) is 71.7 Å². The summed E-state index contributed by atoms with van der Waals surface area (Å²) in [4.78, 5) is 9.34. The molecule has 1 radical (unpaired) electrons. The molecule has 0 atom stereocenters. The fourth-order valence-electron chi connectivity index (χ4n) is 6.58. The van der Waals surface area contributed by atoms with Crippen molar-refractivity contribution in [3.8, 4) is 50.6 Å². The molecule has 0 aliphatic carbocycles. The first-order valence-corrected chi connectivity index (χ1v) is 18.4. The molecule has 0 N–H and O–H groups in total. The van der Waals surface area contributed by atoms with Crippen LogP contribution in [0.3, 0.4) is 0 Å². The number of hydrogen-bond donors (Lipinski definition) is 0. The van der Waals surface area contributed by atoms with Gasteiger partial charge < -0.3 is 9.55 Å². The van der Waals surface area contributed by atoms with Crippen molar-refractivity contribution >= 4 is 32.5 Å². The third-order valence-electron chi connectivity index (χ3n) is 8.93. The van der Waals surface area contributed by atoms with E-state index >= 15 is 0 Å². The summed E-state index contributed by atoms with van der Waals surface area (Å²) < 4.78 is 42.3. The van der Waals surface area contributed by atoms with Gasteiger partial charge in [-0.3, -0.25) is 16.3 Å². The first-order valence-electron chi connectivity index (χ1n) is 20.1. The van der Waals surface area contributed by atoms with Gasteiger partial charge in [-0.2, -0.15) is 0 Å². The van der Waals surface area contributed by atoms with Gasteiger partial charge in [-0.25, -0.2) is 0 Å². The van der Waals surface area contributed by atoms with Crippen LogP contribution >= 0.6 is 11.3 Å². The number of para-hydroxylation sites is 3. The summed E-state index contributed by atoms with van der Waals surface area (Å²) in [5.74, 6) is 0.691. The molecular formula is C49H39IrN3S-2. The Labute approximate surface area is 342 Å². The van der Waals surface area contributed by atoms with Crippen molar-refractivity contribution in [2.24, 2.45) is 5.92 Å². The minimum Gasteiger partial charge on any atom is -0.332 e. The Morgan fingerprint density at radius 2 is 1.46 bits per heavy atom. The van der Waals surface area contributed by atoms with E-state index in [4.69, 9.17) is 11.8 Å². The van der Waals surface area contributed by atoms with Crippen LogP contribution in [0.1, 0.15) is 31.8 Å². The topological polar surface area (TPSA) is 30.7 Å². The van der Waals surface area contributed by atoms with E-state index in [2.05, 4.69) is 106 Å². The van der Waals surface area contributed by atoms with Gasteiger partial charge in [0.15, 0.2) is 0 Å². The summed E-state index contributed by atoms with van der Waals surface area (Å²) in [5.41, 5.74) is 11.0. The number of aryl methyl sites for hydroxylation is 1. The van der Waals surface area contributed by atoms with Gasteiger partial charge in [0, 0.05) is 44.3 Å². The molecule has 0 bridgehead atoms. The minimum absolute atomic E-state index is 0. The SMILES string of the molecule is [2H]C([2H])([2H])c1ccc(-c2[c-]cccc2)nc1.[2H]C([2H])(c1ccc2c(-c3nc4ccccc4n3-c3c(-c4ccccc4)cccc3-c3ccccc3)[c-]sc2c1)C(C)C.[Ir]. The molecule has 3 aromatic heterocycles. The number of imidazole rings is 1. The molecule has 0 fully saturated rings. The Balaban J connectivity index is 0.000000262. The molecule has 267 valence electrons. The van der Waals surface area contributed by atoms with Gasteiger partial charge in [-0.05, 0) is 53.7 Å². The third kappa shape index (κ3) is 7.76. The van der Waals surface area contributed by atoms with Crippen LogP contribution in [-0.4, -0.2) is 14.5 Å². The molecule has 3 heterocycles. The molecule has 0 unspecified atom stereocenters. The zero-order valence-electron chi connectivity index (χ0n) is 34.7. The summed E-state index contributed by atoms with van der Waals surface area (Å²) in [6, 6.07) is 55.5. The Bertz CT molecular complexity index is 2760. The number of aromatic nitrogens is 3. The maximum Gasteiger partial charge on any atom is 0.0774 e. The van der Waals surface area contributed by atoms with Gasteiger partial charge in [-0.15, -0.1) is 47.3 Å². The van der Waals surface area contributed by atoms with Gasteiger partial charge in [0.25, 0.3) is 0 Å². The molecule has 0 aliphatic heterocycles. The van der Waals surface area contributed by atoms with E-state index in [-0.39, 0.29) is 31.6 Å². The van der Waals surface area contributed by atoms with Crippen molar-refractivity contribution in [1.82, 2.24) is 14.5 Å². The van der Waals surface area contributed by atoms with E-state index < -0.39 is 13.2 Å². The average Bonchev–Trinajstić information content (AvgIpc) is 3.85. The van der Waals surface area contributed by atoms with Gasteiger partial charge in [0.2, 0.25) is 0 Å². The smallest absolute Gasteiger partial charge is 0.0774 e. The second-order valence-corrected chi connectivity index (χ2v) is 13.8. The van der Waals surface area contributed by atoms with Crippen molar-refractivity contribution in [3.05, 3.63) is 186 Å². The largest absolute Gasteiger partial charge is 0.332 e. The standard InChI is InChI=1S/C37H29N2S.C12H10N.Ir/c1-25(2)22-26-20-21-31-32(24-40-35(31)23-26)37-38-33-18-9-10-19-34(33)39(37)36-29(27-12-5-3-6-13-27)16-11-17-30(36)28-14-7-4-8-15-28;1-10-7-8-12(13-9-10)11-5-3-2-4-6-11;/h3-21,23,25H,22H2,1-2H3;2-5,7-9H,1H3;/q2*-1;/i22D2;1D3;. The molecule has 9 rings (SSSR count). The Morgan fingerprint density at radius 1 is 0.759 bits per heavy atom. The van der Waals surface area contributed by atoms with Gasteiger partial charge in [-0.1, -0.05) is 150 Å². The summed E-state index contributed by atoms with van der Waals surface area (Å²) in [6.07, 6.45) is -0.0200.